The van der Waals surface area contributed by atoms with E-state index in [1.807, 2.05) is 18.7 Å². The molecule has 1 amide bonds. The molecule has 3 rings (SSSR count). The molecule has 6 heteroatoms. The lowest BCUT2D eigenvalue weighted by molar-refractivity contribution is 0.0212. The number of hydrogen-bond donors (Lipinski definition) is 2. The molecule has 2 heterocycles. The predicted octanol–water partition coefficient (Wildman–Crippen LogP) is 1.68. The fourth-order valence-electron chi connectivity index (χ4n) is 3.57. The molecule has 2 aliphatic rings. The van der Waals surface area contributed by atoms with E-state index >= 15 is 0 Å². The summed E-state index contributed by atoms with van der Waals surface area (Å²) in [4.78, 5) is 19.3. The van der Waals surface area contributed by atoms with E-state index in [2.05, 4.69) is 20.5 Å². The number of piperazine rings is 1. The van der Waals surface area contributed by atoms with Crippen molar-refractivity contribution in [3.05, 3.63) is 11.6 Å². The molecule has 1 aromatic heterocycles. The Labute approximate surface area is 125 Å². The van der Waals surface area contributed by atoms with Crippen LogP contribution in [-0.2, 0) is 0 Å². The van der Waals surface area contributed by atoms with Crippen LogP contribution in [-0.4, -0.2) is 51.2 Å². The number of aromatic amines is 1. The van der Waals surface area contributed by atoms with Gasteiger partial charge in [0.05, 0.1) is 5.54 Å². The largest absolute Gasteiger partial charge is 0.328 e. The molecule has 0 unspecified atom stereocenters. The maximum absolute atomic E-state index is 12.9. The third kappa shape index (κ3) is 2.69. The Morgan fingerprint density at radius 2 is 2.05 bits per heavy atom. The summed E-state index contributed by atoms with van der Waals surface area (Å²) < 4.78 is 0. The summed E-state index contributed by atoms with van der Waals surface area (Å²) in [7, 11) is 0. The van der Waals surface area contributed by atoms with Crippen molar-refractivity contribution in [2.24, 2.45) is 0 Å². The van der Waals surface area contributed by atoms with E-state index < -0.39 is 0 Å². The van der Waals surface area contributed by atoms with Crippen LogP contribution >= 0.6 is 0 Å². The zero-order valence-electron chi connectivity index (χ0n) is 13.0. The van der Waals surface area contributed by atoms with Gasteiger partial charge in [-0.25, -0.2) is 4.98 Å². The maximum atomic E-state index is 12.9. The second kappa shape index (κ2) is 5.75. The Bertz CT molecular complexity index is 496. The molecular weight excluding hydrogens is 266 g/mol. The van der Waals surface area contributed by atoms with Crippen molar-refractivity contribution in [2.75, 3.05) is 19.6 Å². The third-order valence-corrected chi connectivity index (χ3v) is 4.81. The standard InChI is InChI=1S/C15H25N5O/c1-11(2)12-17-13(19-18-12)14(21)20-9-8-16-10-15(20)6-4-3-5-7-15/h11,16H,3-10H2,1-2H3,(H,17,18,19). The molecule has 0 atom stereocenters. The SMILES string of the molecule is CC(C)c1nc(C(=O)N2CCNCC23CCCCC3)n[nH]1. The minimum Gasteiger partial charge on any atom is -0.328 e. The number of H-pyrrole nitrogens is 1. The third-order valence-electron chi connectivity index (χ3n) is 4.81. The zero-order valence-corrected chi connectivity index (χ0v) is 13.0. The van der Waals surface area contributed by atoms with Crippen LogP contribution in [0.2, 0.25) is 0 Å². The van der Waals surface area contributed by atoms with Gasteiger partial charge < -0.3 is 10.2 Å². The first-order valence-electron chi connectivity index (χ1n) is 8.07. The molecule has 0 bridgehead atoms. The van der Waals surface area contributed by atoms with Crippen LogP contribution in [0.25, 0.3) is 0 Å². The van der Waals surface area contributed by atoms with Crippen LogP contribution in [0.1, 0.15) is 68.3 Å². The van der Waals surface area contributed by atoms with Crippen molar-refractivity contribution in [1.82, 2.24) is 25.4 Å². The summed E-state index contributed by atoms with van der Waals surface area (Å²) in [5, 5.41) is 10.5. The smallest absolute Gasteiger partial charge is 0.294 e. The van der Waals surface area contributed by atoms with Gasteiger partial charge >= 0.3 is 0 Å². The van der Waals surface area contributed by atoms with E-state index in [9.17, 15) is 4.79 Å². The molecule has 1 saturated heterocycles. The van der Waals surface area contributed by atoms with Crippen LogP contribution in [0.3, 0.4) is 0 Å². The van der Waals surface area contributed by atoms with Gasteiger partial charge in [0.15, 0.2) is 0 Å². The van der Waals surface area contributed by atoms with Crippen molar-refractivity contribution in [3.63, 3.8) is 0 Å². The Morgan fingerprint density at radius 3 is 2.71 bits per heavy atom. The van der Waals surface area contributed by atoms with Crippen LogP contribution in [0, 0.1) is 0 Å². The lowest BCUT2D eigenvalue weighted by Gasteiger charge is -2.49. The van der Waals surface area contributed by atoms with E-state index in [0.29, 0.717) is 5.82 Å². The normalized spacial score (nSPS) is 22.0. The molecular formula is C15H25N5O. The number of carbonyl (C=O) groups is 1. The van der Waals surface area contributed by atoms with Crippen molar-refractivity contribution >= 4 is 5.91 Å². The van der Waals surface area contributed by atoms with E-state index in [0.717, 1.165) is 38.3 Å². The van der Waals surface area contributed by atoms with Crippen LogP contribution in [0.5, 0.6) is 0 Å². The molecule has 2 N–H and O–H groups in total. The molecule has 1 aliphatic carbocycles. The lowest BCUT2D eigenvalue weighted by atomic mass is 9.79. The molecule has 6 nitrogen and oxygen atoms in total. The van der Waals surface area contributed by atoms with Gasteiger partial charge in [-0.1, -0.05) is 33.1 Å². The van der Waals surface area contributed by atoms with Gasteiger partial charge in [0, 0.05) is 25.6 Å². The maximum Gasteiger partial charge on any atom is 0.294 e. The van der Waals surface area contributed by atoms with Crippen molar-refractivity contribution in [1.29, 1.82) is 0 Å². The Kier molecular flexibility index (Phi) is 3.97. The summed E-state index contributed by atoms with van der Waals surface area (Å²) in [5.74, 6) is 1.35. The second-order valence-corrected chi connectivity index (χ2v) is 6.62. The Morgan fingerprint density at radius 1 is 1.29 bits per heavy atom. The van der Waals surface area contributed by atoms with Gasteiger partial charge in [-0.15, -0.1) is 5.10 Å². The first-order valence-corrected chi connectivity index (χ1v) is 8.07. The van der Waals surface area contributed by atoms with E-state index in [1.54, 1.807) is 0 Å². The highest BCUT2D eigenvalue weighted by Crippen LogP contribution is 2.35. The molecule has 2 fully saturated rings. The Balaban J connectivity index is 1.83. The summed E-state index contributed by atoms with van der Waals surface area (Å²) in [6.45, 7) is 6.60. The van der Waals surface area contributed by atoms with Crippen molar-refractivity contribution in [2.45, 2.75) is 57.4 Å². The summed E-state index contributed by atoms with van der Waals surface area (Å²) >= 11 is 0. The number of hydrogen-bond acceptors (Lipinski definition) is 4. The topological polar surface area (TPSA) is 73.9 Å². The lowest BCUT2D eigenvalue weighted by Crippen LogP contribution is -2.63. The number of rotatable bonds is 2. The average Bonchev–Trinajstić information content (AvgIpc) is 2.98. The van der Waals surface area contributed by atoms with Gasteiger partial charge in [-0.05, 0) is 12.8 Å². The van der Waals surface area contributed by atoms with Gasteiger partial charge in [0.2, 0.25) is 5.82 Å². The highest BCUT2D eigenvalue weighted by molar-refractivity contribution is 5.91. The highest BCUT2D eigenvalue weighted by atomic mass is 16.2. The first kappa shape index (κ1) is 14.5. The van der Waals surface area contributed by atoms with E-state index in [1.165, 1.54) is 19.3 Å². The summed E-state index contributed by atoms with van der Waals surface area (Å²) in [5.41, 5.74) is -0.0216. The molecule has 116 valence electrons. The fourth-order valence-corrected chi connectivity index (χ4v) is 3.57. The summed E-state index contributed by atoms with van der Waals surface area (Å²) in [6, 6.07) is 0. The monoisotopic (exact) mass is 291 g/mol. The quantitative estimate of drug-likeness (QED) is 0.869. The van der Waals surface area contributed by atoms with Gasteiger partial charge in [-0.2, -0.15) is 0 Å². The van der Waals surface area contributed by atoms with Gasteiger partial charge in [0.25, 0.3) is 5.91 Å². The molecule has 1 aliphatic heterocycles. The number of nitrogens with one attached hydrogen (secondary N) is 2. The second-order valence-electron chi connectivity index (χ2n) is 6.62. The van der Waals surface area contributed by atoms with E-state index in [4.69, 9.17) is 0 Å². The number of aromatic nitrogens is 3. The number of carbonyl (C=O) groups excluding carboxylic acids is 1. The van der Waals surface area contributed by atoms with Crippen LogP contribution in [0.15, 0.2) is 0 Å². The number of amides is 1. The molecule has 0 aromatic carbocycles. The number of nitrogens with zero attached hydrogens (tertiary/aromatic N) is 3. The predicted molar refractivity (Wildman–Crippen MR) is 80.2 cm³/mol. The zero-order chi connectivity index (χ0) is 14.9. The highest BCUT2D eigenvalue weighted by Gasteiger charge is 2.43. The average molecular weight is 291 g/mol. The molecule has 1 aromatic rings. The minimum atomic E-state index is -0.0216. The first-order chi connectivity index (χ1) is 10.1. The molecule has 21 heavy (non-hydrogen) atoms. The van der Waals surface area contributed by atoms with Crippen LogP contribution < -0.4 is 5.32 Å². The van der Waals surface area contributed by atoms with Crippen molar-refractivity contribution in [3.8, 4) is 0 Å². The molecule has 1 spiro atoms. The Hall–Kier alpha value is -1.43. The minimum absolute atomic E-state index is 0.0125. The van der Waals surface area contributed by atoms with E-state index in [-0.39, 0.29) is 17.4 Å². The fraction of sp³-hybridized carbons (Fsp3) is 0.800. The van der Waals surface area contributed by atoms with Crippen LogP contribution in [0.4, 0.5) is 0 Å². The molecule has 0 radical (unpaired) electrons. The summed E-state index contributed by atoms with van der Waals surface area (Å²) in [6.07, 6.45) is 5.87. The van der Waals surface area contributed by atoms with Gasteiger partial charge in [0.1, 0.15) is 5.82 Å². The molecule has 1 saturated carbocycles. The van der Waals surface area contributed by atoms with Gasteiger partial charge in [-0.3, -0.25) is 9.89 Å². The van der Waals surface area contributed by atoms with Crippen molar-refractivity contribution < 1.29 is 4.79 Å².